The SMILES string of the molecule is O=S([O-])c1cnc(Cl)s1.[Na+]. The summed E-state index contributed by atoms with van der Waals surface area (Å²) in [6, 6.07) is 0. The first-order valence-corrected chi connectivity index (χ1v) is 4.17. The zero-order valence-corrected chi connectivity index (χ0v) is 9.42. The van der Waals surface area contributed by atoms with Crippen LogP contribution in [0.4, 0.5) is 0 Å². The summed E-state index contributed by atoms with van der Waals surface area (Å²) in [5.41, 5.74) is 0. The third-order valence-corrected chi connectivity index (χ3v) is 2.62. The Morgan fingerprint density at radius 1 is 1.80 bits per heavy atom. The molecule has 0 aromatic carbocycles. The molecule has 50 valence electrons. The molecule has 0 radical (unpaired) electrons. The average Bonchev–Trinajstić information content (AvgIpc) is 2.14. The minimum Gasteiger partial charge on any atom is -0.768 e. The molecular formula is C3HClNNaO2S2. The molecule has 10 heavy (non-hydrogen) atoms. The molecule has 1 unspecified atom stereocenters. The van der Waals surface area contributed by atoms with Crippen molar-refractivity contribution in [3.05, 3.63) is 10.7 Å². The second-order valence-electron chi connectivity index (χ2n) is 1.17. The first-order chi connectivity index (χ1) is 4.20. The summed E-state index contributed by atoms with van der Waals surface area (Å²) < 4.78 is 20.7. The Labute approximate surface area is 91.4 Å². The monoisotopic (exact) mass is 205 g/mol. The number of nitrogens with zero attached hydrogens (tertiary/aromatic N) is 1. The number of hydrogen-bond acceptors (Lipinski definition) is 4. The molecule has 3 nitrogen and oxygen atoms in total. The van der Waals surface area contributed by atoms with Gasteiger partial charge < -0.3 is 4.55 Å². The fourth-order valence-corrected chi connectivity index (χ4v) is 1.78. The third kappa shape index (κ3) is 2.96. The van der Waals surface area contributed by atoms with E-state index in [0.29, 0.717) is 0 Å². The van der Waals surface area contributed by atoms with Gasteiger partial charge in [0.2, 0.25) is 0 Å². The maximum absolute atomic E-state index is 10.1. The number of thiazole rings is 1. The normalized spacial score (nSPS) is 12.2. The van der Waals surface area contributed by atoms with Gasteiger partial charge in [0.1, 0.15) is 0 Å². The standard InChI is InChI=1S/C3H2ClNO2S2.Na/c4-3-5-1-2(8-3)9(6)7;/h1H,(H,6,7);/q;+1/p-1. The Balaban J connectivity index is 0.000000810. The van der Waals surface area contributed by atoms with Crippen LogP contribution in [0.1, 0.15) is 0 Å². The molecule has 1 atom stereocenters. The minimum atomic E-state index is -2.19. The minimum absolute atomic E-state index is 0. The maximum Gasteiger partial charge on any atom is 1.00 e. The first kappa shape index (κ1) is 11.0. The van der Waals surface area contributed by atoms with E-state index in [9.17, 15) is 8.76 Å². The van der Waals surface area contributed by atoms with Gasteiger partial charge in [0.05, 0.1) is 10.4 Å². The van der Waals surface area contributed by atoms with Crippen LogP contribution in [0.15, 0.2) is 10.4 Å². The Morgan fingerprint density at radius 3 is 2.60 bits per heavy atom. The van der Waals surface area contributed by atoms with Crippen LogP contribution in [0.25, 0.3) is 0 Å². The van der Waals surface area contributed by atoms with Crippen molar-refractivity contribution in [2.75, 3.05) is 0 Å². The molecule has 0 N–H and O–H groups in total. The fraction of sp³-hybridized carbons (Fsp3) is 0. The van der Waals surface area contributed by atoms with Crippen LogP contribution >= 0.6 is 22.9 Å². The number of rotatable bonds is 1. The molecule has 1 aromatic heterocycles. The van der Waals surface area contributed by atoms with Gasteiger partial charge in [-0.3, -0.25) is 4.21 Å². The zero-order chi connectivity index (χ0) is 6.85. The van der Waals surface area contributed by atoms with Crippen molar-refractivity contribution in [1.82, 2.24) is 4.98 Å². The average molecular weight is 206 g/mol. The van der Waals surface area contributed by atoms with Gasteiger partial charge in [-0.2, -0.15) is 0 Å². The van der Waals surface area contributed by atoms with Crippen LogP contribution < -0.4 is 29.6 Å². The molecule has 0 saturated carbocycles. The van der Waals surface area contributed by atoms with E-state index in [1.165, 1.54) is 6.20 Å². The number of hydrogen-bond donors (Lipinski definition) is 0. The Bertz CT molecular complexity index is 240. The van der Waals surface area contributed by atoms with Crippen molar-refractivity contribution in [3.8, 4) is 0 Å². The summed E-state index contributed by atoms with van der Waals surface area (Å²) in [5.74, 6) is 0. The van der Waals surface area contributed by atoms with E-state index >= 15 is 0 Å². The van der Waals surface area contributed by atoms with Crippen LogP contribution in [-0.2, 0) is 11.1 Å². The Morgan fingerprint density at radius 2 is 2.40 bits per heavy atom. The predicted molar refractivity (Wildman–Crippen MR) is 34.3 cm³/mol. The van der Waals surface area contributed by atoms with Gasteiger partial charge in [-0.1, -0.05) is 22.9 Å². The summed E-state index contributed by atoms with van der Waals surface area (Å²) in [6.45, 7) is 0. The topological polar surface area (TPSA) is 53.0 Å². The molecule has 1 aromatic rings. The van der Waals surface area contributed by atoms with Gasteiger partial charge in [0.15, 0.2) is 4.47 Å². The van der Waals surface area contributed by atoms with Gasteiger partial charge in [-0.15, -0.1) is 0 Å². The van der Waals surface area contributed by atoms with Crippen molar-refractivity contribution in [2.24, 2.45) is 0 Å². The largest absolute Gasteiger partial charge is 1.00 e. The van der Waals surface area contributed by atoms with Crippen molar-refractivity contribution < 1.29 is 38.3 Å². The van der Waals surface area contributed by atoms with Crippen LogP contribution in [-0.4, -0.2) is 13.7 Å². The molecule has 1 heterocycles. The van der Waals surface area contributed by atoms with Crippen LogP contribution in [0, 0.1) is 0 Å². The number of halogens is 1. The molecule has 7 heteroatoms. The molecular weight excluding hydrogens is 205 g/mol. The van der Waals surface area contributed by atoms with Crippen LogP contribution in [0.3, 0.4) is 0 Å². The maximum atomic E-state index is 10.1. The van der Waals surface area contributed by atoms with Gasteiger partial charge >= 0.3 is 29.6 Å². The van der Waals surface area contributed by atoms with Gasteiger partial charge in [0, 0.05) is 0 Å². The molecule has 0 bridgehead atoms. The molecule has 1 rings (SSSR count). The Hall–Kier alpha value is 1.03. The Kier molecular flexibility index (Phi) is 5.31. The first-order valence-electron chi connectivity index (χ1n) is 1.91. The predicted octanol–water partition coefficient (Wildman–Crippen LogP) is -1.96. The van der Waals surface area contributed by atoms with Crippen LogP contribution in [0.5, 0.6) is 0 Å². The summed E-state index contributed by atoms with van der Waals surface area (Å²) in [6.07, 6.45) is 1.22. The number of aromatic nitrogens is 1. The third-order valence-electron chi connectivity index (χ3n) is 0.621. The molecule has 0 spiro atoms. The van der Waals surface area contributed by atoms with E-state index in [4.69, 9.17) is 11.6 Å². The van der Waals surface area contributed by atoms with Crippen molar-refractivity contribution in [2.45, 2.75) is 4.21 Å². The second-order valence-corrected chi connectivity index (χ2v) is 3.95. The van der Waals surface area contributed by atoms with E-state index in [0.717, 1.165) is 11.3 Å². The summed E-state index contributed by atoms with van der Waals surface area (Å²) in [4.78, 5) is 3.53. The summed E-state index contributed by atoms with van der Waals surface area (Å²) >= 11 is 4.09. The molecule has 0 aliphatic carbocycles. The molecule has 0 aliphatic heterocycles. The van der Waals surface area contributed by atoms with Gasteiger partial charge in [-0.25, -0.2) is 4.98 Å². The molecule has 0 fully saturated rings. The van der Waals surface area contributed by atoms with Crippen molar-refractivity contribution >= 4 is 34.0 Å². The van der Waals surface area contributed by atoms with Gasteiger partial charge in [-0.05, 0) is 11.1 Å². The zero-order valence-electron chi connectivity index (χ0n) is 5.04. The molecule has 0 amide bonds. The van der Waals surface area contributed by atoms with E-state index in [1.54, 1.807) is 0 Å². The van der Waals surface area contributed by atoms with E-state index < -0.39 is 11.1 Å². The second kappa shape index (κ2) is 4.82. The van der Waals surface area contributed by atoms with Crippen molar-refractivity contribution in [1.29, 1.82) is 0 Å². The molecule has 0 saturated heterocycles. The smallest absolute Gasteiger partial charge is 0.768 e. The summed E-state index contributed by atoms with van der Waals surface area (Å²) in [7, 11) is 0. The van der Waals surface area contributed by atoms with Crippen LogP contribution in [0.2, 0.25) is 4.47 Å². The van der Waals surface area contributed by atoms with E-state index in [-0.39, 0.29) is 38.2 Å². The fourth-order valence-electron chi connectivity index (χ4n) is 0.316. The molecule has 0 aliphatic rings. The summed E-state index contributed by atoms with van der Waals surface area (Å²) in [5, 5.41) is 0. The van der Waals surface area contributed by atoms with Crippen molar-refractivity contribution in [3.63, 3.8) is 0 Å². The van der Waals surface area contributed by atoms with Gasteiger partial charge in [0.25, 0.3) is 0 Å². The van der Waals surface area contributed by atoms with E-state index in [2.05, 4.69) is 4.98 Å². The van der Waals surface area contributed by atoms with E-state index in [1.807, 2.05) is 0 Å². The quantitative estimate of drug-likeness (QED) is 0.395.